The summed E-state index contributed by atoms with van der Waals surface area (Å²) in [5, 5.41) is 4.84. The third-order valence-corrected chi connectivity index (χ3v) is 7.49. The van der Waals surface area contributed by atoms with Gasteiger partial charge in [0, 0.05) is 21.2 Å². The van der Waals surface area contributed by atoms with Crippen LogP contribution in [-0.2, 0) is 12.4 Å². The van der Waals surface area contributed by atoms with Gasteiger partial charge in [0.1, 0.15) is 6.61 Å². The molecule has 1 amide bonds. The number of thioether (sulfide) groups is 1. The molecule has 0 unspecified atom stereocenters. The normalized spacial score (nSPS) is 10.9. The zero-order valence-electron chi connectivity index (χ0n) is 20.9. The van der Waals surface area contributed by atoms with Crippen molar-refractivity contribution in [2.45, 2.75) is 24.2 Å². The fraction of sp³-hybridized carbons (Fsp3) is 0.133. The zero-order chi connectivity index (χ0) is 26.9. The Morgan fingerprint density at radius 3 is 2.37 bits per heavy atom. The Labute approximate surface area is 240 Å². The molecule has 194 valence electrons. The first-order valence-corrected chi connectivity index (χ1v) is 13.9. The summed E-state index contributed by atoms with van der Waals surface area (Å²) in [4.78, 5) is 13.7. The van der Waals surface area contributed by atoms with Crippen molar-refractivity contribution in [1.29, 1.82) is 0 Å². The number of rotatable bonds is 10. The smallest absolute Gasteiger partial charge is 0.271 e. The maximum Gasteiger partial charge on any atom is 0.271 e. The lowest BCUT2D eigenvalue weighted by Crippen LogP contribution is -2.17. The molecule has 4 aromatic carbocycles. The third kappa shape index (κ3) is 7.87. The highest BCUT2D eigenvalue weighted by Gasteiger charge is 2.12. The van der Waals surface area contributed by atoms with Crippen LogP contribution in [0.4, 0.5) is 0 Å². The van der Waals surface area contributed by atoms with E-state index in [1.165, 1.54) is 5.56 Å². The van der Waals surface area contributed by atoms with E-state index >= 15 is 0 Å². The highest BCUT2D eigenvalue weighted by Crippen LogP contribution is 2.37. The lowest BCUT2D eigenvalue weighted by molar-refractivity contribution is 0.0955. The van der Waals surface area contributed by atoms with Crippen molar-refractivity contribution >= 4 is 51.4 Å². The van der Waals surface area contributed by atoms with Gasteiger partial charge in [0.2, 0.25) is 0 Å². The summed E-state index contributed by atoms with van der Waals surface area (Å²) in [6.45, 7) is 2.46. The number of carbonyl (C=O) groups excluding carboxylic acids is 1. The van der Waals surface area contributed by atoms with Crippen LogP contribution in [0.15, 0.2) is 99.4 Å². The summed E-state index contributed by atoms with van der Waals surface area (Å²) >= 11 is 11.2. The SMILES string of the molecule is COc1cc(/C=N\NC(=O)c2ccc(CSc3ccc(Cl)cc3)cc2)cc(Br)c1OCc1ccc(C)cc1. The molecule has 5 nitrogen and oxygen atoms in total. The molecule has 0 bridgehead atoms. The second-order valence-corrected chi connectivity index (χ2v) is 10.8. The van der Waals surface area contributed by atoms with E-state index in [0.717, 1.165) is 36.8 Å². The number of ether oxygens (including phenoxy) is 2. The molecule has 0 radical (unpaired) electrons. The molecular weight excluding hydrogens is 584 g/mol. The van der Waals surface area contributed by atoms with Gasteiger partial charge in [-0.25, -0.2) is 5.43 Å². The van der Waals surface area contributed by atoms with Crippen molar-refractivity contribution in [1.82, 2.24) is 5.43 Å². The van der Waals surface area contributed by atoms with E-state index in [4.69, 9.17) is 21.1 Å². The molecule has 0 heterocycles. The summed E-state index contributed by atoms with van der Waals surface area (Å²) < 4.78 is 12.3. The summed E-state index contributed by atoms with van der Waals surface area (Å²) in [5.41, 5.74) is 7.23. The van der Waals surface area contributed by atoms with Gasteiger partial charge in [-0.05, 0) is 88.1 Å². The topological polar surface area (TPSA) is 59.9 Å². The second kappa shape index (κ2) is 13.5. The van der Waals surface area contributed by atoms with E-state index in [0.29, 0.717) is 23.7 Å². The lowest BCUT2D eigenvalue weighted by atomic mass is 10.1. The standard InChI is InChI=1S/C30H26BrClN2O3S/c1-20-3-5-21(6-4-20)18-37-29-27(31)15-23(16-28(29)36-2)17-33-34-30(35)24-9-7-22(8-10-24)19-38-26-13-11-25(32)12-14-26/h3-17H,18-19H2,1-2H3,(H,34,35)/b33-17-. The van der Waals surface area contributed by atoms with Crippen LogP contribution in [0.2, 0.25) is 5.02 Å². The minimum Gasteiger partial charge on any atom is -0.493 e. The molecule has 0 aliphatic heterocycles. The molecule has 0 saturated heterocycles. The maximum atomic E-state index is 12.5. The van der Waals surface area contributed by atoms with Crippen molar-refractivity contribution in [3.8, 4) is 11.5 Å². The van der Waals surface area contributed by atoms with Gasteiger partial charge >= 0.3 is 0 Å². The molecule has 1 N–H and O–H groups in total. The van der Waals surface area contributed by atoms with Crippen LogP contribution in [0.5, 0.6) is 11.5 Å². The van der Waals surface area contributed by atoms with Crippen molar-refractivity contribution in [3.05, 3.63) is 122 Å². The highest BCUT2D eigenvalue weighted by molar-refractivity contribution is 9.10. The summed E-state index contributed by atoms with van der Waals surface area (Å²) in [6, 6.07) is 27.0. The highest BCUT2D eigenvalue weighted by atomic mass is 79.9. The van der Waals surface area contributed by atoms with Crippen molar-refractivity contribution < 1.29 is 14.3 Å². The van der Waals surface area contributed by atoms with Gasteiger partial charge in [0.15, 0.2) is 11.5 Å². The quantitative estimate of drug-likeness (QED) is 0.112. The molecule has 0 saturated carbocycles. The van der Waals surface area contributed by atoms with Gasteiger partial charge in [-0.3, -0.25) is 4.79 Å². The number of amides is 1. The molecule has 0 atom stereocenters. The number of hydrogen-bond donors (Lipinski definition) is 1. The molecule has 0 aliphatic rings. The van der Waals surface area contributed by atoms with Crippen molar-refractivity contribution in [2.24, 2.45) is 5.10 Å². The molecule has 4 rings (SSSR count). The first kappa shape index (κ1) is 27.8. The average molecular weight is 610 g/mol. The molecule has 0 fully saturated rings. The van der Waals surface area contributed by atoms with Gasteiger partial charge < -0.3 is 9.47 Å². The molecule has 0 aromatic heterocycles. The van der Waals surface area contributed by atoms with Gasteiger partial charge in [-0.15, -0.1) is 11.8 Å². The average Bonchev–Trinajstić information content (AvgIpc) is 2.93. The van der Waals surface area contributed by atoms with E-state index in [1.807, 2.05) is 61.5 Å². The fourth-order valence-electron chi connectivity index (χ4n) is 3.47. The molecule has 0 aliphatic carbocycles. The lowest BCUT2D eigenvalue weighted by Gasteiger charge is -2.13. The number of methoxy groups -OCH3 is 1. The summed E-state index contributed by atoms with van der Waals surface area (Å²) in [7, 11) is 1.58. The van der Waals surface area contributed by atoms with Crippen LogP contribution >= 0.6 is 39.3 Å². The van der Waals surface area contributed by atoms with E-state index in [9.17, 15) is 4.79 Å². The minimum absolute atomic E-state index is 0.290. The molecule has 38 heavy (non-hydrogen) atoms. The Bertz CT molecular complexity index is 1410. The fourth-order valence-corrected chi connectivity index (χ4v) is 5.03. The van der Waals surface area contributed by atoms with Crippen LogP contribution < -0.4 is 14.9 Å². The number of nitrogens with zero attached hydrogens (tertiary/aromatic N) is 1. The Balaban J connectivity index is 1.32. The maximum absolute atomic E-state index is 12.5. The van der Waals surface area contributed by atoms with Crippen molar-refractivity contribution in [2.75, 3.05) is 7.11 Å². The Hall–Kier alpha value is -3.26. The predicted molar refractivity (Wildman–Crippen MR) is 159 cm³/mol. The van der Waals surface area contributed by atoms with Crippen LogP contribution in [-0.4, -0.2) is 19.2 Å². The van der Waals surface area contributed by atoms with Gasteiger partial charge in [0.25, 0.3) is 5.91 Å². The predicted octanol–water partition coefficient (Wildman–Crippen LogP) is 8.05. The largest absolute Gasteiger partial charge is 0.493 e. The number of aryl methyl sites for hydroxylation is 1. The van der Waals surface area contributed by atoms with Crippen LogP contribution in [0, 0.1) is 6.92 Å². The van der Waals surface area contributed by atoms with Crippen molar-refractivity contribution in [3.63, 3.8) is 0 Å². The minimum atomic E-state index is -0.290. The number of carbonyl (C=O) groups is 1. The summed E-state index contributed by atoms with van der Waals surface area (Å²) in [5.74, 6) is 1.67. The second-order valence-electron chi connectivity index (χ2n) is 8.45. The van der Waals surface area contributed by atoms with Crippen LogP contribution in [0.3, 0.4) is 0 Å². The van der Waals surface area contributed by atoms with Gasteiger partial charge in [-0.2, -0.15) is 5.10 Å². The van der Waals surface area contributed by atoms with Crippen LogP contribution in [0.1, 0.15) is 32.6 Å². The van der Waals surface area contributed by atoms with Gasteiger partial charge in [0.05, 0.1) is 17.8 Å². The molecule has 0 spiro atoms. The van der Waals surface area contributed by atoms with E-state index in [2.05, 4.69) is 38.6 Å². The first-order valence-electron chi connectivity index (χ1n) is 11.8. The number of hydrazone groups is 1. The Morgan fingerprint density at radius 2 is 1.68 bits per heavy atom. The van der Waals surface area contributed by atoms with Gasteiger partial charge in [-0.1, -0.05) is 53.6 Å². The Morgan fingerprint density at radius 1 is 1.00 bits per heavy atom. The summed E-state index contributed by atoms with van der Waals surface area (Å²) in [6.07, 6.45) is 1.56. The monoisotopic (exact) mass is 608 g/mol. The van der Waals surface area contributed by atoms with E-state index in [1.54, 1.807) is 43.3 Å². The number of benzene rings is 4. The van der Waals surface area contributed by atoms with Crippen LogP contribution in [0.25, 0.3) is 0 Å². The van der Waals surface area contributed by atoms with E-state index in [-0.39, 0.29) is 5.91 Å². The number of nitrogens with one attached hydrogen (secondary N) is 1. The Kier molecular flexibility index (Phi) is 9.87. The first-order chi connectivity index (χ1) is 18.4. The molecule has 8 heteroatoms. The van der Waals surface area contributed by atoms with E-state index < -0.39 is 0 Å². The number of halogens is 2. The third-order valence-electron chi connectivity index (χ3n) is 5.57. The molecular formula is C30H26BrClN2O3S. The zero-order valence-corrected chi connectivity index (χ0v) is 24.1. The molecule has 4 aromatic rings. The number of hydrogen-bond acceptors (Lipinski definition) is 5.